The molecule has 0 amide bonds. The maximum Gasteiger partial charge on any atom is 0.170 e. The van der Waals surface area contributed by atoms with E-state index in [1.165, 1.54) is 0 Å². The Bertz CT molecular complexity index is 1290. The molecule has 0 fully saturated rings. The minimum absolute atomic E-state index is 0.00138. The summed E-state index contributed by atoms with van der Waals surface area (Å²) in [5.74, 6) is -1.86. The highest BCUT2D eigenvalue weighted by Crippen LogP contribution is 2.55. The third kappa shape index (κ3) is 3.44. The van der Waals surface area contributed by atoms with Gasteiger partial charge in [-0.15, -0.1) is 0 Å². The molecule has 3 aromatic rings. The summed E-state index contributed by atoms with van der Waals surface area (Å²) < 4.78 is 0. The molecular weight excluding hydrogens is 400 g/mol. The predicted octanol–water partition coefficient (Wildman–Crippen LogP) is 6.82. The zero-order valence-corrected chi connectivity index (χ0v) is 18.1. The number of allylic oxidation sites excluding steroid dienone is 7. The molecule has 0 aliphatic heterocycles. The molecule has 1 aliphatic rings. The zero-order chi connectivity index (χ0) is 22.8. The second kappa shape index (κ2) is 8.67. The Hall–Kier alpha value is -3.92. The molecule has 0 heterocycles. The molecule has 0 saturated heterocycles. The van der Waals surface area contributed by atoms with E-state index in [4.69, 9.17) is 0 Å². The monoisotopic (exact) mass is 426 g/mol. The van der Waals surface area contributed by atoms with E-state index in [0.29, 0.717) is 24.0 Å². The van der Waals surface area contributed by atoms with Crippen molar-refractivity contribution in [2.45, 2.75) is 26.7 Å². The fourth-order valence-corrected chi connectivity index (χ4v) is 4.36. The Morgan fingerprint density at radius 3 is 2.25 bits per heavy atom. The normalized spacial score (nSPS) is 13.6. The first kappa shape index (κ1) is 21.3. The van der Waals surface area contributed by atoms with E-state index in [1.807, 2.05) is 62.4 Å². The number of fused-ring (bicyclic) bond motifs is 1. The summed E-state index contributed by atoms with van der Waals surface area (Å²) in [6.07, 6.45) is 14.3. The van der Waals surface area contributed by atoms with Crippen LogP contribution >= 0.6 is 0 Å². The van der Waals surface area contributed by atoms with Crippen LogP contribution in [0.15, 0.2) is 66.8 Å². The van der Waals surface area contributed by atoms with Crippen molar-refractivity contribution in [2.24, 2.45) is 0 Å². The molecule has 0 saturated carbocycles. The minimum Gasteiger partial charge on any atom is -0.504 e. The average molecular weight is 427 g/mol. The van der Waals surface area contributed by atoms with E-state index in [1.54, 1.807) is 18.2 Å². The number of rotatable bonds is 4. The van der Waals surface area contributed by atoms with Crippen LogP contribution in [0.1, 0.15) is 37.0 Å². The van der Waals surface area contributed by atoms with Gasteiger partial charge in [-0.1, -0.05) is 73.7 Å². The van der Waals surface area contributed by atoms with E-state index >= 15 is 0 Å². The van der Waals surface area contributed by atoms with Crippen LogP contribution in [0.25, 0.3) is 33.5 Å². The van der Waals surface area contributed by atoms with E-state index in [2.05, 4.69) is 6.07 Å². The van der Waals surface area contributed by atoms with Gasteiger partial charge in [-0.05, 0) is 53.3 Å². The number of hydrogen-bond acceptors (Lipinski definition) is 4. The van der Waals surface area contributed by atoms with Gasteiger partial charge in [0.15, 0.2) is 23.0 Å². The quantitative estimate of drug-likeness (QED) is 0.272. The highest BCUT2D eigenvalue weighted by molar-refractivity contribution is 6.05. The van der Waals surface area contributed by atoms with Crippen LogP contribution in [-0.2, 0) is 6.42 Å². The van der Waals surface area contributed by atoms with Crippen LogP contribution in [0, 0.1) is 0 Å². The van der Waals surface area contributed by atoms with Crippen molar-refractivity contribution in [3.05, 3.63) is 83.5 Å². The van der Waals surface area contributed by atoms with Crippen LogP contribution in [0.4, 0.5) is 0 Å². The number of benzene rings is 3. The van der Waals surface area contributed by atoms with Gasteiger partial charge < -0.3 is 20.4 Å². The second-order valence-electron chi connectivity index (χ2n) is 7.73. The van der Waals surface area contributed by atoms with Crippen molar-refractivity contribution >= 4 is 22.4 Å². The van der Waals surface area contributed by atoms with Gasteiger partial charge >= 0.3 is 0 Å². The van der Waals surface area contributed by atoms with Gasteiger partial charge in [0.2, 0.25) is 0 Å². The molecule has 0 atom stereocenters. The third-order valence-electron chi connectivity index (χ3n) is 5.81. The van der Waals surface area contributed by atoms with Crippen LogP contribution in [0.5, 0.6) is 23.0 Å². The minimum atomic E-state index is -0.468. The smallest absolute Gasteiger partial charge is 0.170 e. The molecule has 0 bridgehead atoms. The number of aromatic hydroxyl groups is 4. The zero-order valence-electron chi connectivity index (χ0n) is 18.1. The first-order valence-electron chi connectivity index (χ1n) is 10.7. The van der Waals surface area contributed by atoms with E-state index in [-0.39, 0.29) is 11.1 Å². The van der Waals surface area contributed by atoms with Crippen LogP contribution in [0.3, 0.4) is 0 Å². The molecule has 0 aromatic heterocycles. The summed E-state index contributed by atoms with van der Waals surface area (Å²) in [7, 11) is 0. The van der Waals surface area contributed by atoms with Crippen molar-refractivity contribution in [2.75, 3.05) is 0 Å². The maximum absolute atomic E-state index is 11.1. The predicted molar refractivity (Wildman–Crippen MR) is 131 cm³/mol. The van der Waals surface area contributed by atoms with Gasteiger partial charge in [0.25, 0.3) is 0 Å². The SMILES string of the molecule is C/C=C\c1cc2ccccc2c(-c2c(O)c(O)c(C3=CC=CCC=C3)c(O)c2O)c1CC. The summed E-state index contributed by atoms with van der Waals surface area (Å²) >= 11 is 0. The van der Waals surface area contributed by atoms with E-state index in [9.17, 15) is 20.4 Å². The summed E-state index contributed by atoms with van der Waals surface area (Å²) in [5, 5.41) is 45.9. The molecule has 4 rings (SSSR count). The molecule has 4 N–H and O–H groups in total. The number of phenolic OH excluding ortho intramolecular Hbond substituents is 4. The standard InChI is InChI=1S/C28H26O4/c1-3-11-18-16-19-14-9-10-15-21(19)23(20(18)4-2)24-27(31)25(29)22(26(30)28(24)32)17-12-7-5-6-8-13-17/h3,5,7-16,29-32H,4,6H2,1-2H3/b11-3-. The molecule has 32 heavy (non-hydrogen) atoms. The molecule has 0 spiro atoms. The summed E-state index contributed by atoms with van der Waals surface area (Å²) in [6, 6.07) is 9.74. The van der Waals surface area contributed by atoms with Gasteiger partial charge in [-0.25, -0.2) is 0 Å². The molecular formula is C28H26O4. The Morgan fingerprint density at radius 2 is 1.56 bits per heavy atom. The summed E-state index contributed by atoms with van der Waals surface area (Å²) in [4.78, 5) is 0. The fourth-order valence-electron chi connectivity index (χ4n) is 4.36. The van der Waals surface area contributed by atoms with Crippen molar-refractivity contribution in [1.29, 1.82) is 0 Å². The lowest BCUT2D eigenvalue weighted by Gasteiger charge is -2.21. The van der Waals surface area contributed by atoms with Crippen molar-refractivity contribution in [1.82, 2.24) is 0 Å². The first-order valence-corrected chi connectivity index (χ1v) is 10.7. The van der Waals surface area contributed by atoms with Gasteiger partial charge in [0, 0.05) is 5.56 Å². The van der Waals surface area contributed by atoms with Crippen molar-refractivity contribution in [3.8, 4) is 34.1 Å². The Kier molecular flexibility index (Phi) is 5.78. The summed E-state index contributed by atoms with van der Waals surface area (Å²) in [5.41, 5.74) is 2.96. The molecule has 0 unspecified atom stereocenters. The van der Waals surface area contributed by atoms with Crippen LogP contribution < -0.4 is 0 Å². The first-order chi connectivity index (χ1) is 15.5. The Balaban J connectivity index is 2.12. The molecule has 0 radical (unpaired) electrons. The lowest BCUT2D eigenvalue weighted by Crippen LogP contribution is -1.97. The van der Waals surface area contributed by atoms with Gasteiger partial charge in [0.05, 0.1) is 11.1 Å². The second-order valence-corrected chi connectivity index (χ2v) is 7.73. The van der Waals surface area contributed by atoms with Gasteiger partial charge in [-0.3, -0.25) is 0 Å². The van der Waals surface area contributed by atoms with Gasteiger partial charge in [0.1, 0.15) is 0 Å². The lowest BCUT2D eigenvalue weighted by molar-refractivity contribution is 0.373. The van der Waals surface area contributed by atoms with Crippen molar-refractivity contribution in [3.63, 3.8) is 0 Å². The molecule has 3 aromatic carbocycles. The topological polar surface area (TPSA) is 80.9 Å². The third-order valence-corrected chi connectivity index (χ3v) is 5.81. The molecule has 4 nitrogen and oxygen atoms in total. The molecule has 4 heteroatoms. The lowest BCUT2D eigenvalue weighted by atomic mass is 9.86. The maximum atomic E-state index is 11.1. The van der Waals surface area contributed by atoms with E-state index < -0.39 is 23.0 Å². The Labute approximate surface area is 187 Å². The van der Waals surface area contributed by atoms with E-state index in [0.717, 1.165) is 21.9 Å². The largest absolute Gasteiger partial charge is 0.504 e. The highest BCUT2D eigenvalue weighted by atomic mass is 16.3. The Morgan fingerprint density at radius 1 is 0.875 bits per heavy atom. The molecule has 162 valence electrons. The van der Waals surface area contributed by atoms with Crippen molar-refractivity contribution < 1.29 is 20.4 Å². The fraction of sp³-hybridized carbons (Fsp3) is 0.143. The molecule has 1 aliphatic carbocycles. The highest BCUT2D eigenvalue weighted by Gasteiger charge is 2.28. The number of hydrogen-bond donors (Lipinski definition) is 4. The van der Waals surface area contributed by atoms with Gasteiger partial charge in [-0.2, -0.15) is 0 Å². The van der Waals surface area contributed by atoms with Crippen LogP contribution in [-0.4, -0.2) is 20.4 Å². The summed E-state index contributed by atoms with van der Waals surface area (Å²) in [6.45, 7) is 3.92. The van der Waals surface area contributed by atoms with Crippen LogP contribution in [0.2, 0.25) is 0 Å². The number of phenols is 4. The average Bonchev–Trinajstić information content (AvgIpc) is 3.07.